The number of fused-ring (bicyclic) bond motifs is 1. The van der Waals surface area contributed by atoms with Gasteiger partial charge in [0.05, 0.1) is 6.61 Å². The van der Waals surface area contributed by atoms with E-state index in [1.54, 1.807) is 31.3 Å². The van der Waals surface area contributed by atoms with Crippen LogP contribution >= 0.6 is 0 Å². The van der Waals surface area contributed by atoms with Crippen molar-refractivity contribution in [3.63, 3.8) is 0 Å². The third-order valence-corrected chi connectivity index (χ3v) is 7.75. The molecule has 0 unspecified atom stereocenters. The number of para-hydroxylation sites is 1. The van der Waals surface area contributed by atoms with Gasteiger partial charge in [-0.05, 0) is 37.1 Å². The van der Waals surface area contributed by atoms with Crippen LogP contribution in [0.15, 0.2) is 47.5 Å². The molecule has 1 spiro atoms. The molecule has 28 heavy (non-hydrogen) atoms. The van der Waals surface area contributed by atoms with Crippen LogP contribution in [0.5, 0.6) is 5.75 Å². The summed E-state index contributed by atoms with van der Waals surface area (Å²) in [4.78, 5) is 14.8. The SMILES string of the molecule is CN1CC2(CCN(C(=O)c3cccn3C)CC2)COc2ccccc2S1(=O)=O. The van der Waals surface area contributed by atoms with Crippen molar-refractivity contribution in [2.45, 2.75) is 17.7 Å². The van der Waals surface area contributed by atoms with Crippen molar-refractivity contribution in [3.8, 4) is 5.75 Å². The number of nitrogens with zero attached hydrogens (tertiary/aromatic N) is 3. The Morgan fingerprint density at radius 1 is 1.07 bits per heavy atom. The van der Waals surface area contributed by atoms with Gasteiger partial charge < -0.3 is 14.2 Å². The minimum absolute atomic E-state index is 0.0143. The fourth-order valence-electron chi connectivity index (χ4n) is 4.12. The quantitative estimate of drug-likeness (QED) is 0.730. The number of ether oxygens (including phenoxy) is 1. The Balaban J connectivity index is 1.54. The first-order valence-electron chi connectivity index (χ1n) is 9.41. The molecule has 2 aromatic rings. The van der Waals surface area contributed by atoms with Crippen LogP contribution in [0.4, 0.5) is 0 Å². The van der Waals surface area contributed by atoms with E-state index in [2.05, 4.69) is 0 Å². The molecular formula is C20H25N3O4S. The molecule has 1 fully saturated rings. The van der Waals surface area contributed by atoms with Crippen LogP contribution in [0.25, 0.3) is 0 Å². The first-order chi connectivity index (χ1) is 13.3. The van der Waals surface area contributed by atoms with Gasteiger partial charge in [0.15, 0.2) is 0 Å². The number of rotatable bonds is 1. The highest BCUT2D eigenvalue weighted by molar-refractivity contribution is 7.89. The molecule has 8 heteroatoms. The molecule has 1 saturated heterocycles. The van der Waals surface area contributed by atoms with Crippen molar-refractivity contribution in [1.82, 2.24) is 13.8 Å². The summed E-state index contributed by atoms with van der Waals surface area (Å²) in [5.41, 5.74) is 0.360. The van der Waals surface area contributed by atoms with Crippen molar-refractivity contribution in [3.05, 3.63) is 48.3 Å². The maximum absolute atomic E-state index is 12.9. The van der Waals surface area contributed by atoms with E-state index >= 15 is 0 Å². The van der Waals surface area contributed by atoms with Crippen LogP contribution in [0.3, 0.4) is 0 Å². The van der Waals surface area contributed by atoms with Crippen LogP contribution in [-0.4, -0.2) is 61.4 Å². The summed E-state index contributed by atoms with van der Waals surface area (Å²) in [7, 11) is -0.117. The van der Waals surface area contributed by atoms with Gasteiger partial charge in [0, 0.05) is 45.3 Å². The van der Waals surface area contributed by atoms with Crippen LogP contribution in [-0.2, 0) is 17.1 Å². The Hall–Kier alpha value is -2.32. The average molecular weight is 404 g/mol. The summed E-state index contributed by atoms with van der Waals surface area (Å²) >= 11 is 0. The summed E-state index contributed by atoms with van der Waals surface area (Å²) in [6, 6.07) is 10.5. The Labute approximate surface area is 165 Å². The first kappa shape index (κ1) is 19.0. The number of hydrogen-bond donors (Lipinski definition) is 0. The Morgan fingerprint density at radius 2 is 1.79 bits per heavy atom. The Kier molecular flexibility index (Phi) is 4.71. The van der Waals surface area contributed by atoms with E-state index in [1.807, 2.05) is 34.8 Å². The predicted molar refractivity (Wildman–Crippen MR) is 105 cm³/mol. The zero-order chi connectivity index (χ0) is 19.9. The van der Waals surface area contributed by atoms with E-state index in [0.29, 0.717) is 50.5 Å². The summed E-state index contributed by atoms with van der Waals surface area (Å²) in [6.07, 6.45) is 3.26. The number of carbonyl (C=O) groups is 1. The van der Waals surface area contributed by atoms with Crippen molar-refractivity contribution in [1.29, 1.82) is 0 Å². The van der Waals surface area contributed by atoms with Crippen LogP contribution in [0.2, 0.25) is 0 Å². The molecule has 1 aromatic heterocycles. The normalized spacial score (nSPS) is 21.4. The monoisotopic (exact) mass is 403 g/mol. The third-order valence-electron chi connectivity index (χ3n) is 5.90. The number of benzene rings is 1. The lowest BCUT2D eigenvalue weighted by molar-refractivity contribution is 0.0319. The van der Waals surface area contributed by atoms with Gasteiger partial charge in [0.1, 0.15) is 16.3 Å². The molecule has 7 nitrogen and oxygen atoms in total. The molecule has 0 bridgehead atoms. The lowest BCUT2D eigenvalue weighted by Crippen LogP contribution is -2.51. The lowest BCUT2D eigenvalue weighted by Gasteiger charge is -2.44. The number of aromatic nitrogens is 1. The van der Waals surface area contributed by atoms with Crippen LogP contribution in [0, 0.1) is 5.41 Å². The molecule has 1 amide bonds. The smallest absolute Gasteiger partial charge is 0.270 e. The van der Waals surface area contributed by atoms with E-state index in [1.165, 1.54) is 4.31 Å². The van der Waals surface area contributed by atoms with E-state index in [9.17, 15) is 13.2 Å². The lowest BCUT2D eigenvalue weighted by atomic mass is 9.78. The van der Waals surface area contributed by atoms with Gasteiger partial charge in [-0.2, -0.15) is 0 Å². The molecule has 2 aliphatic rings. The van der Waals surface area contributed by atoms with Crippen molar-refractivity contribution >= 4 is 15.9 Å². The molecule has 3 heterocycles. The largest absolute Gasteiger partial charge is 0.492 e. The number of likely N-dealkylation sites (tertiary alicyclic amines) is 1. The third kappa shape index (κ3) is 3.20. The summed E-state index contributed by atoms with van der Waals surface area (Å²) < 4.78 is 35.1. The first-order valence-corrected chi connectivity index (χ1v) is 10.9. The second-order valence-electron chi connectivity index (χ2n) is 7.79. The standard InChI is InChI=1S/C20H25N3O4S/c1-21-11-5-6-16(21)19(24)23-12-9-20(10-13-23)14-22(2)28(25,26)18-8-4-3-7-17(18)27-15-20/h3-8,11H,9-10,12-15H2,1-2H3. The van der Waals surface area contributed by atoms with Crippen molar-refractivity contribution < 1.29 is 17.9 Å². The maximum Gasteiger partial charge on any atom is 0.270 e. The second kappa shape index (κ2) is 6.93. The minimum Gasteiger partial charge on any atom is -0.492 e. The van der Waals surface area contributed by atoms with Gasteiger partial charge in [-0.15, -0.1) is 0 Å². The summed E-state index contributed by atoms with van der Waals surface area (Å²) in [5, 5.41) is 0. The van der Waals surface area contributed by atoms with Gasteiger partial charge in [0.2, 0.25) is 10.0 Å². The molecule has 0 saturated carbocycles. The zero-order valence-electron chi connectivity index (χ0n) is 16.2. The number of amides is 1. The number of hydrogen-bond acceptors (Lipinski definition) is 4. The topological polar surface area (TPSA) is 71.8 Å². The molecule has 2 aliphatic heterocycles. The average Bonchev–Trinajstić information content (AvgIpc) is 3.12. The molecule has 0 atom stereocenters. The van der Waals surface area contributed by atoms with Gasteiger partial charge in [-0.25, -0.2) is 12.7 Å². The highest BCUT2D eigenvalue weighted by atomic mass is 32.2. The van der Waals surface area contributed by atoms with Gasteiger partial charge >= 0.3 is 0 Å². The van der Waals surface area contributed by atoms with Crippen molar-refractivity contribution in [2.75, 3.05) is 33.3 Å². The zero-order valence-corrected chi connectivity index (χ0v) is 17.0. The molecule has 0 N–H and O–H groups in total. The van der Waals surface area contributed by atoms with Gasteiger partial charge in [0.25, 0.3) is 5.91 Å². The fraction of sp³-hybridized carbons (Fsp3) is 0.450. The molecule has 0 aliphatic carbocycles. The van der Waals surface area contributed by atoms with Crippen LogP contribution in [0.1, 0.15) is 23.3 Å². The highest BCUT2D eigenvalue weighted by Gasteiger charge is 2.42. The fourth-order valence-corrected chi connectivity index (χ4v) is 5.53. The Bertz CT molecular complexity index is 990. The van der Waals surface area contributed by atoms with E-state index in [4.69, 9.17) is 4.74 Å². The minimum atomic E-state index is -3.60. The molecule has 1 aromatic carbocycles. The molecule has 0 radical (unpaired) electrons. The summed E-state index contributed by atoms with van der Waals surface area (Å²) in [5.74, 6) is 0.413. The number of piperidine rings is 1. The van der Waals surface area contributed by atoms with E-state index in [0.717, 1.165) is 0 Å². The maximum atomic E-state index is 12.9. The predicted octanol–water partition coefficient (Wildman–Crippen LogP) is 1.96. The van der Waals surface area contributed by atoms with Crippen molar-refractivity contribution in [2.24, 2.45) is 12.5 Å². The summed E-state index contributed by atoms with van der Waals surface area (Å²) in [6.45, 7) is 2.00. The second-order valence-corrected chi connectivity index (χ2v) is 9.81. The number of carbonyl (C=O) groups excluding carboxylic acids is 1. The van der Waals surface area contributed by atoms with Gasteiger partial charge in [-0.1, -0.05) is 12.1 Å². The highest BCUT2D eigenvalue weighted by Crippen LogP contribution is 2.38. The van der Waals surface area contributed by atoms with E-state index in [-0.39, 0.29) is 16.2 Å². The Morgan fingerprint density at radius 3 is 2.46 bits per heavy atom. The van der Waals surface area contributed by atoms with Crippen LogP contribution < -0.4 is 4.74 Å². The molecular weight excluding hydrogens is 378 g/mol. The molecule has 4 rings (SSSR count). The van der Waals surface area contributed by atoms with Gasteiger partial charge in [-0.3, -0.25) is 4.79 Å². The number of sulfonamides is 1. The molecule has 150 valence electrons. The van der Waals surface area contributed by atoms with E-state index < -0.39 is 10.0 Å². The number of aryl methyl sites for hydroxylation is 1.